The SMILES string of the molecule is CC(C)c1ccccc1NC(=O)[C@@H](C)N1C(=O)c2ccccc2C1=O. The highest BCUT2D eigenvalue weighted by molar-refractivity contribution is 6.23. The summed E-state index contributed by atoms with van der Waals surface area (Å²) in [5.41, 5.74) is 2.39. The van der Waals surface area contributed by atoms with Crippen molar-refractivity contribution in [1.29, 1.82) is 0 Å². The number of hydrogen-bond acceptors (Lipinski definition) is 3. The van der Waals surface area contributed by atoms with E-state index >= 15 is 0 Å². The molecule has 0 aromatic heterocycles. The van der Waals surface area contributed by atoms with Gasteiger partial charge < -0.3 is 5.32 Å². The van der Waals surface area contributed by atoms with Crippen molar-refractivity contribution in [3.63, 3.8) is 0 Å². The summed E-state index contributed by atoms with van der Waals surface area (Å²) in [5.74, 6) is -1.01. The van der Waals surface area contributed by atoms with Crippen molar-refractivity contribution in [3.8, 4) is 0 Å². The molecule has 2 aromatic carbocycles. The Balaban J connectivity index is 1.83. The Bertz CT molecular complexity index is 823. The molecule has 1 aliphatic heterocycles. The van der Waals surface area contributed by atoms with Crippen LogP contribution in [0.2, 0.25) is 0 Å². The zero-order valence-corrected chi connectivity index (χ0v) is 14.4. The molecule has 0 spiro atoms. The largest absolute Gasteiger partial charge is 0.324 e. The molecule has 1 atom stereocenters. The lowest BCUT2D eigenvalue weighted by atomic mass is 10.0. The summed E-state index contributed by atoms with van der Waals surface area (Å²) in [5, 5.41) is 2.85. The number of nitrogens with one attached hydrogen (secondary N) is 1. The van der Waals surface area contributed by atoms with Crippen LogP contribution in [-0.4, -0.2) is 28.7 Å². The second-order valence-electron chi connectivity index (χ2n) is 6.43. The van der Waals surface area contributed by atoms with Crippen molar-refractivity contribution in [1.82, 2.24) is 4.90 Å². The van der Waals surface area contributed by atoms with E-state index in [1.165, 1.54) is 0 Å². The third-order valence-electron chi connectivity index (χ3n) is 4.43. The molecule has 0 radical (unpaired) electrons. The summed E-state index contributed by atoms with van der Waals surface area (Å²) in [6.45, 7) is 5.65. The molecule has 25 heavy (non-hydrogen) atoms. The molecule has 2 aromatic rings. The van der Waals surface area contributed by atoms with Crippen LogP contribution in [-0.2, 0) is 4.79 Å². The molecule has 1 aliphatic rings. The minimum atomic E-state index is -0.896. The van der Waals surface area contributed by atoms with E-state index in [0.29, 0.717) is 16.8 Å². The Morgan fingerprint density at radius 2 is 1.40 bits per heavy atom. The first-order chi connectivity index (χ1) is 11.9. The van der Waals surface area contributed by atoms with Gasteiger partial charge in [-0.05, 0) is 36.6 Å². The molecule has 0 saturated carbocycles. The fourth-order valence-electron chi connectivity index (χ4n) is 3.03. The predicted octanol–water partition coefficient (Wildman–Crippen LogP) is 3.43. The lowest BCUT2D eigenvalue weighted by Gasteiger charge is -2.23. The molecular formula is C20H20N2O3. The molecule has 5 nitrogen and oxygen atoms in total. The van der Waals surface area contributed by atoms with Crippen LogP contribution in [0.5, 0.6) is 0 Å². The first-order valence-corrected chi connectivity index (χ1v) is 8.28. The normalized spacial score (nSPS) is 14.6. The van der Waals surface area contributed by atoms with E-state index in [1.54, 1.807) is 31.2 Å². The Morgan fingerprint density at radius 3 is 1.96 bits per heavy atom. The quantitative estimate of drug-likeness (QED) is 0.870. The maximum absolute atomic E-state index is 12.7. The van der Waals surface area contributed by atoms with Gasteiger partial charge in [0.2, 0.25) is 5.91 Å². The fourth-order valence-corrected chi connectivity index (χ4v) is 3.03. The van der Waals surface area contributed by atoms with Gasteiger partial charge in [0, 0.05) is 5.69 Å². The minimum absolute atomic E-state index is 0.242. The third kappa shape index (κ3) is 2.93. The number of fused-ring (bicyclic) bond motifs is 1. The fraction of sp³-hybridized carbons (Fsp3) is 0.250. The number of nitrogens with zero attached hydrogens (tertiary/aromatic N) is 1. The van der Waals surface area contributed by atoms with Gasteiger partial charge in [0.25, 0.3) is 11.8 Å². The van der Waals surface area contributed by atoms with Gasteiger partial charge in [-0.3, -0.25) is 19.3 Å². The number of anilines is 1. The van der Waals surface area contributed by atoms with Crippen LogP contribution in [0.4, 0.5) is 5.69 Å². The van der Waals surface area contributed by atoms with Gasteiger partial charge in [-0.25, -0.2) is 0 Å². The zero-order valence-electron chi connectivity index (χ0n) is 14.4. The van der Waals surface area contributed by atoms with Gasteiger partial charge >= 0.3 is 0 Å². The lowest BCUT2D eigenvalue weighted by molar-refractivity contribution is -0.119. The average Bonchev–Trinajstić information content (AvgIpc) is 2.86. The zero-order chi connectivity index (χ0) is 18.1. The summed E-state index contributed by atoms with van der Waals surface area (Å²) >= 11 is 0. The molecule has 3 amide bonds. The van der Waals surface area contributed by atoms with E-state index in [0.717, 1.165) is 10.5 Å². The van der Waals surface area contributed by atoms with E-state index in [9.17, 15) is 14.4 Å². The molecule has 3 rings (SSSR count). The van der Waals surface area contributed by atoms with Gasteiger partial charge in [0.15, 0.2) is 0 Å². The second kappa shape index (κ2) is 6.51. The van der Waals surface area contributed by atoms with E-state index in [-0.39, 0.29) is 11.8 Å². The molecular weight excluding hydrogens is 316 g/mol. The Hall–Kier alpha value is -2.95. The summed E-state index contributed by atoms with van der Waals surface area (Å²) < 4.78 is 0. The van der Waals surface area contributed by atoms with Gasteiger partial charge in [-0.1, -0.05) is 44.2 Å². The number of carbonyl (C=O) groups is 3. The molecule has 0 fully saturated rings. The summed E-state index contributed by atoms with van der Waals surface area (Å²) in [6.07, 6.45) is 0. The van der Waals surface area contributed by atoms with Crippen molar-refractivity contribution >= 4 is 23.4 Å². The maximum atomic E-state index is 12.7. The number of amides is 3. The van der Waals surface area contributed by atoms with Crippen molar-refractivity contribution < 1.29 is 14.4 Å². The van der Waals surface area contributed by atoms with Crippen LogP contribution in [0.25, 0.3) is 0 Å². The Morgan fingerprint density at radius 1 is 0.880 bits per heavy atom. The molecule has 0 saturated heterocycles. The Labute approximate surface area is 146 Å². The van der Waals surface area contributed by atoms with Gasteiger partial charge in [-0.2, -0.15) is 0 Å². The predicted molar refractivity (Wildman–Crippen MR) is 95.6 cm³/mol. The number of para-hydroxylation sites is 1. The second-order valence-corrected chi connectivity index (χ2v) is 6.43. The summed E-state index contributed by atoms with van der Waals surface area (Å²) in [6, 6.07) is 13.3. The van der Waals surface area contributed by atoms with Gasteiger partial charge in [0.1, 0.15) is 6.04 Å². The average molecular weight is 336 g/mol. The number of benzene rings is 2. The third-order valence-corrected chi connectivity index (χ3v) is 4.43. The van der Waals surface area contributed by atoms with E-state index in [4.69, 9.17) is 0 Å². The van der Waals surface area contributed by atoms with Crippen LogP contribution in [0.1, 0.15) is 53.0 Å². The molecule has 0 bridgehead atoms. The maximum Gasteiger partial charge on any atom is 0.262 e. The number of hydrogen-bond donors (Lipinski definition) is 1. The van der Waals surface area contributed by atoms with Crippen LogP contribution in [0.15, 0.2) is 48.5 Å². The Kier molecular flexibility index (Phi) is 4.40. The highest BCUT2D eigenvalue weighted by Gasteiger charge is 2.40. The monoisotopic (exact) mass is 336 g/mol. The van der Waals surface area contributed by atoms with E-state index < -0.39 is 17.9 Å². The smallest absolute Gasteiger partial charge is 0.262 e. The highest BCUT2D eigenvalue weighted by Crippen LogP contribution is 2.27. The molecule has 0 unspecified atom stereocenters. The summed E-state index contributed by atoms with van der Waals surface area (Å²) in [7, 11) is 0. The summed E-state index contributed by atoms with van der Waals surface area (Å²) in [4.78, 5) is 38.7. The van der Waals surface area contributed by atoms with Crippen LogP contribution < -0.4 is 5.32 Å². The topological polar surface area (TPSA) is 66.5 Å². The minimum Gasteiger partial charge on any atom is -0.324 e. The molecule has 0 aliphatic carbocycles. The first-order valence-electron chi connectivity index (χ1n) is 8.28. The standard InChI is InChI=1S/C20H20N2O3/c1-12(2)14-8-6-7-11-17(14)21-18(23)13(3)22-19(24)15-9-4-5-10-16(15)20(22)25/h4-13H,1-3H3,(H,21,23)/t13-/m1/s1. The molecule has 5 heteroatoms. The van der Waals surface area contributed by atoms with Crippen molar-refractivity contribution in [3.05, 3.63) is 65.2 Å². The number of rotatable bonds is 4. The van der Waals surface area contributed by atoms with Crippen molar-refractivity contribution in [2.75, 3.05) is 5.32 Å². The van der Waals surface area contributed by atoms with E-state index in [2.05, 4.69) is 5.32 Å². The number of carbonyl (C=O) groups excluding carboxylic acids is 3. The van der Waals surface area contributed by atoms with Crippen molar-refractivity contribution in [2.24, 2.45) is 0 Å². The van der Waals surface area contributed by atoms with Crippen LogP contribution in [0, 0.1) is 0 Å². The molecule has 1 N–H and O–H groups in total. The van der Waals surface area contributed by atoms with Crippen LogP contribution in [0.3, 0.4) is 0 Å². The van der Waals surface area contributed by atoms with E-state index in [1.807, 2.05) is 38.1 Å². The molecule has 128 valence electrons. The molecule has 1 heterocycles. The highest BCUT2D eigenvalue weighted by atomic mass is 16.2. The van der Waals surface area contributed by atoms with Gasteiger partial charge in [0.05, 0.1) is 11.1 Å². The van der Waals surface area contributed by atoms with Crippen molar-refractivity contribution in [2.45, 2.75) is 32.7 Å². The van der Waals surface area contributed by atoms with Crippen LogP contribution >= 0.6 is 0 Å². The lowest BCUT2D eigenvalue weighted by Crippen LogP contribution is -2.45. The van der Waals surface area contributed by atoms with Gasteiger partial charge in [-0.15, -0.1) is 0 Å². The number of imide groups is 1. The first kappa shape index (κ1) is 16.9.